The fraction of sp³-hybridized carbons (Fsp3) is 0.417. The molecule has 1 atom stereocenters. The van der Waals surface area contributed by atoms with E-state index in [1.807, 2.05) is 0 Å². The van der Waals surface area contributed by atoms with Crippen molar-refractivity contribution in [1.29, 1.82) is 0 Å². The average molecular weight is 327 g/mol. The first-order valence-corrected chi connectivity index (χ1v) is 7.08. The molecule has 8 heteroatoms. The number of rotatable bonds is 5. The Labute approximate surface area is 124 Å². The number of alkyl halides is 3. The Hall–Kier alpha value is -0.920. The van der Waals surface area contributed by atoms with Crippen molar-refractivity contribution in [3.63, 3.8) is 0 Å². The van der Waals surface area contributed by atoms with Gasteiger partial charge in [0.05, 0.1) is 6.04 Å². The van der Waals surface area contributed by atoms with Crippen LogP contribution in [-0.4, -0.2) is 23.2 Å². The Morgan fingerprint density at radius 3 is 2.70 bits per heavy atom. The maximum Gasteiger partial charge on any atom is 0.441 e. The van der Waals surface area contributed by atoms with Crippen LogP contribution in [0.1, 0.15) is 12.0 Å². The van der Waals surface area contributed by atoms with Crippen LogP contribution in [0.5, 0.6) is 0 Å². The van der Waals surface area contributed by atoms with Crippen LogP contribution in [0, 0.1) is 6.92 Å². The molecular formula is C12H14ClF3N2OS. The van der Waals surface area contributed by atoms with Crippen molar-refractivity contribution in [3.05, 3.63) is 28.8 Å². The van der Waals surface area contributed by atoms with Crippen LogP contribution >= 0.6 is 23.4 Å². The number of benzene rings is 1. The van der Waals surface area contributed by atoms with E-state index in [1.54, 1.807) is 25.1 Å². The molecule has 0 heterocycles. The fourth-order valence-electron chi connectivity index (χ4n) is 1.43. The van der Waals surface area contributed by atoms with E-state index in [0.29, 0.717) is 10.7 Å². The highest BCUT2D eigenvalue weighted by Crippen LogP contribution is 2.30. The molecule has 20 heavy (non-hydrogen) atoms. The van der Waals surface area contributed by atoms with Gasteiger partial charge in [-0.15, -0.1) is 0 Å². The van der Waals surface area contributed by atoms with Gasteiger partial charge < -0.3 is 11.1 Å². The minimum absolute atomic E-state index is 0.0529. The van der Waals surface area contributed by atoms with Gasteiger partial charge in [0, 0.05) is 16.5 Å². The molecule has 1 amide bonds. The van der Waals surface area contributed by atoms with Crippen molar-refractivity contribution >= 4 is 35.0 Å². The summed E-state index contributed by atoms with van der Waals surface area (Å²) in [6, 6.07) is 3.91. The van der Waals surface area contributed by atoms with Crippen molar-refractivity contribution in [2.45, 2.75) is 24.9 Å². The molecule has 0 aliphatic rings. The lowest BCUT2D eigenvalue weighted by atomic mass is 10.1. The monoisotopic (exact) mass is 326 g/mol. The van der Waals surface area contributed by atoms with E-state index in [-0.39, 0.29) is 23.9 Å². The molecule has 0 spiro atoms. The molecule has 0 aliphatic carbocycles. The Bertz CT molecular complexity index is 482. The summed E-state index contributed by atoms with van der Waals surface area (Å²) in [5, 5.41) is 3.11. The molecule has 112 valence electrons. The van der Waals surface area contributed by atoms with Gasteiger partial charge in [-0.3, -0.25) is 4.79 Å². The first kappa shape index (κ1) is 17.1. The van der Waals surface area contributed by atoms with E-state index in [0.717, 1.165) is 5.56 Å². The van der Waals surface area contributed by atoms with Crippen LogP contribution in [0.2, 0.25) is 5.02 Å². The smallest absolute Gasteiger partial charge is 0.324 e. The first-order chi connectivity index (χ1) is 9.19. The van der Waals surface area contributed by atoms with E-state index >= 15 is 0 Å². The van der Waals surface area contributed by atoms with E-state index in [2.05, 4.69) is 5.32 Å². The summed E-state index contributed by atoms with van der Waals surface area (Å²) in [6.07, 6.45) is -0.0529. The quantitative estimate of drug-likeness (QED) is 0.870. The third-order valence-corrected chi connectivity index (χ3v) is 3.48. The number of carbonyl (C=O) groups excluding carboxylic acids is 1. The van der Waals surface area contributed by atoms with Gasteiger partial charge in [-0.05, 0) is 37.1 Å². The lowest BCUT2D eigenvalue weighted by molar-refractivity contribution is -0.117. The second-order valence-corrected chi connectivity index (χ2v) is 5.73. The Kier molecular flexibility index (Phi) is 6.16. The predicted molar refractivity (Wildman–Crippen MR) is 75.9 cm³/mol. The molecule has 1 aromatic rings. The van der Waals surface area contributed by atoms with Gasteiger partial charge in [-0.1, -0.05) is 23.4 Å². The number of hydrogen-bond acceptors (Lipinski definition) is 3. The van der Waals surface area contributed by atoms with Crippen LogP contribution in [0.25, 0.3) is 0 Å². The minimum Gasteiger partial charge on any atom is -0.324 e. The third-order valence-electron chi connectivity index (χ3n) is 2.48. The lowest BCUT2D eigenvalue weighted by Gasteiger charge is -2.14. The lowest BCUT2D eigenvalue weighted by Crippen LogP contribution is -2.36. The summed E-state index contributed by atoms with van der Waals surface area (Å²) in [5.74, 6) is -0.768. The van der Waals surface area contributed by atoms with Crippen LogP contribution in [-0.2, 0) is 4.79 Å². The first-order valence-electron chi connectivity index (χ1n) is 5.72. The number of amides is 1. The number of nitrogens with two attached hydrogens (primary N) is 1. The van der Waals surface area contributed by atoms with Crippen molar-refractivity contribution in [2.24, 2.45) is 5.73 Å². The highest BCUT2D eigenvalue weighted by atomic mass is 35.5. The topological polar surface area (TPSA) is 55.1 Å². The molecule has 1 rings (SSSR count). The second-order valence-electron chi connectivity index (χ2n) is 4.14. The summed E-state index contributed by atoms with van der Waals surface area (Å²) in [5.41, 5.74) is 2.55. The Morgan fingerprint density at radius 2 is 2.15 bits per heavy atom. The minimum atomic E-state index is -4.30. The van der Waals surface area contributed by atoms with E-state index in [4.69, 9.17) is 17.3 Å². The fourth-order valence-corrected chi connectivity index (χ4v) is 2.26. The Balaban J connectivity index is 2.49. The van der Waals surface area contributed by atoms with Gasteiger partial charge in [-0.2, -0.15) is 13.2 Å². The highest BCUT2D eigenvalue weighted by Gasteiger charge is 2.28. The summed E-state index contributed by atoms with van der Waals surface area (Å²) in [7, 11) is 0. The molecule has 1 aromatic carbocycles. The van der Waals surface area contributed by atoms with E-state index in [1.165, 1.54) is 0 Å². The van der Waals surface area contributed by atoms with Crippen LogP contribution in [0.3, 0.4) is 0 Å². The number of halogens is 4. The SMILES string of the molecule is Cc1cc(Cl)ccc1NC(=O)[C@@H](N)CCSC(F)(F)F. The number of hydrogen-bond donors (Lipinski definition) is 2. The van der Waals surface area contributed by atoms with Crippen molar-refractivity contribution in [3.8, 4) is 0 Å². The molecule has 0 saturated carbocycles. The predicted octanol–water partition coefficient (Wildman–Crippen LogP) is 3.56. The number of nitrogens with one attached hydrogen (secondary N) is 1. The molecule has 0 radical (unpaired) electrons. The zero-order chi connectivity index (χ0) is 15.3. The summed E-state index contributed by atoms with van der Waals surface area (Å²) in [4.78, 5) is 11.7. The van der Waals surface area contributed by atoms with Crippen LogP contribution < -0.4 is 11.1 Å². The van der Waals surface area contributed by atoms with Crippen molar-refractivity contribution in [1.82, 2.24) is 0 Å². The van der Waals surface area contributed by atoms with Crippen LogP contribution in [0.15, 0.2) is 18.2 Å². The number of anilines is 1. The molecule has 3 nitrogen and oxygen atoms in total. The summed E-state index contributed by atoms with van der Waals surface area (Å²) < 4.78 is 35.9. The van der Waals surface area contributed by atoms with E-state index < -0.39 is 17.5 Å². The highest BCUT2D eigenvalue weighted by molar-refractivity contribution is 8.00. The van der Waals surface area contributed by atoms with Crippen molar-refractivity contribution < 1.29 is 18.0 Å². The summed E-state index contributed by atoms with van der Waals surface area (Å²) >= 11 is 5.59. The van der Waals surface area contributed by atoms with Gasteiger partial charge in [0.2, 0.25) is 5.91 Å². The zero-order valence-corrected chi connectivity index (χ0v) is 12.2. The maximum absolute atomic E-state index is 12.0. The molecule has 0 bridgehead atoms. The normalized spacial score (nSPS) is 13.1. The van der Waals surface area contributed by atoms with Gasteiger partial charge in [0.1, 0.15) is 0 Å². The van der Waals surface area contributed by atoms with Gasteiger partial charge >= 0.3 is 5.51 Å². The van der Waals surface area contributed by atoms with Gasteiger partial charge in [0.15, 0.2) is 0 Å². The molecular weight excluding hydrogens is 313 g/mol. The summed E-state index contributed by atoms with van der Waals surface area (Å²) in [6.45, 7) is 1.76. The van der Waals surface area contributed by atoms with Crippen molar-refractivity contribution in [2.75, 3.05) is 11.1 Å². The number of thioether (sulfide) groups is 1. The standard InChI is InChI=1S/C12H14ClF3N2OS/c1-7-6-8(13)2-3-10(7)18-11(19)9(17)4-5-20-12(14,15)16/h2-3,6,9H,4-5,17H2,1H3,(H,18,19)/t9-/m0/s1. The third kappa shape index (κ3) is 6.02. The zero-order valence-electron chi connectivity index (χ0n) is 10.6. The average Bonchev–Trinajstić information content (AvgIpc) is 2.30. The molecule has 0 fully saturated rings. The number of carbonyl (C=O) groups is 1. The molecule has 0 saturated heterocycles. The molecule has 3 N–H and O–H groups in total. The van der Waals surface area contributed by atoms with Gasteiger partial charge in [0.25, 0.3) is 0 Å². The van der Waals surface area contributed by atoms with Crippen LogP contribution in [0.4, 0.5) is 18.9 Å². The largest absolute Gasteiger partial charge is 0.441 e. The maximum atomic E-state index is 12.0. The molecule has 0 aliphatic heterocycles. The number of aryl methyl sites for hydroxylation is 1. The van der Waals surface area contributed by atoms with E-state index in [9.17, 15) is 18.0 Å². The molecule has 0 unspecified atom stereocenters. The Morgan fingerprint density at radius 1 is 1.50 bits per heavy atom. The van der Waals surface area contributed by atoms with Gasteiger partial charge in [-0.25, -0.2) is 0 Å². The molecule has 0 aromatic heterocycles. The second kappa shape index (κ2) is 7.19.